The van der Waals surface area contributed by atoms with Crippen LogP contribution in [0, 0.1) is 0 Å². The highest BCUT2D eigenvalue weighted by atomic mass is 16.4. The highest BCUT2D eigenvalue weighted by Crippen LogP contribution is 2.44. The van der Waals surface area contributed by atoms with E-state index in [-0.39, 0.29) is 0 Å². The fourth-order valence-electron chi connectivity index (χ4n) is 3.14. The molecule has 3 rings (SSSR count). The Labute approximate surface area is 105 Å². The van der Waals surface area contributed by atoms with Gasteiger partial charge >= 0.3 is 5.97 Å². The van der Waals surface area contributed by atoms with E-state index in [2.05, 4.69) is 4.98 Å². The number of aryl methyl sites for hydroxylation is 1. The Morgan fingerprint density at radius 1 is 1.44 bits per heavy atom. The van der Waals surface area contributed by atoms with Gasteiger partial charge in [-0.15, -0.1) is 0 Å². The molecule has 0 spiro atoms. The Morgan fingerprint density at radius 2 is 2.17 bits per heavy atom. The van der Waals surface area contributed by atoms with Gasteiger partial charge in [0.15, 0.2) is 0 Å². The average Bonchev–Trinajstić information content (AvgIpc) is 2.96. The minimum Gasteiger partial charge on any atom is -0.481 e. The largest absolute Gasteiger partial charge is 0.481 e. The maximum Gasteiger partial charge on any atom is 0.314 e. The van der Waals surface area contributed by atoms with Gasteiger partial charge in [0.05, 0.1) is 16.4 Å². The van der Waals surface area contributed by atoms with Crippen LogP contribution in [0.4, 0.5) is 0 Å². The number of rotatable bonds is 2. The molecule has 1 aliphatic rings. The number of hydrogen-bond acceptors (Lipinski definition) is 2. The van der Waals surface area contributed by atoms with Crippen molar-refractivity contribution < 1.29 is 9.90 Å². The average molecular weight is 244 g/mol. The summed E-state index contributed by atoms with van der Waals surface area (Å²) in [5, 5.41) is 9.65. The molecule has 18 heavy (non-hydrogen) atoms. The number of hydrogen-bond donors (Lipinski definition) is 1. The maximum atomic E-state index is 11.7. The molecule has 1 saturated carbocycles. The van der Waals surface area contributed by atoms with Crippen LogP contribution in [-0.2, 0) is 17.3 Å². The zero-order chi connectivity index (χ0) is 12.8. The van der Waals surface area contributed by atoms with E-state index in [1.165, 1.54) is 0 Å². The molecular formula is C14H16N2O2. The summed E-state index contributed by atoms with van der Waals surface area (Å²) in [6, 6.07) is 3.87. The van der Waals surface area contributed by atoms with Gasteiger partial charge in [0.2, 0.25) is 0 Å². The number of aliphatic carboxylic acids is 1. The summed E-state index contributed by atoms with van der Waals surface area (Å²) in [7, 11) is 1.94. The Hall–Kier alpha value is -1.84. The predicted molar refractivity (Wildman–Crippen MR) is 68.5 cm³/mol. The Bertz CT molecular complexity index is 609. The van der Waals surface area contributed by atoms with Crippen molar-refractivity contribution in [1.29, 1.82) is 0 Å². The molecular weight excluding hydrogens is 228 g/mol. The number of aromatic nitrogens is 2. The molecule has 1 aliphatic carbocycles. The van der Waals surface area contributed by atoms with Crippen molar-refractivity contribution >= 4 is 17.0 Å². The molecule has 0 aliphatic heterocycles. The molecule has 0 unspecified atom stereocenters. The van der Waals surface area contributed by atoms with E-state index in [9.17, 15) is 9.90 Å². The summed E-state index contributed by atoms with van der Waals surface area (Å²) in [5.41, 5.74) is 1.99. The van der Waals surface area contributed by atoms with E-state index in [0.29, 0.717) is 0 Å². The monoisotopic (exact) mass is 244 g/mol. The summed E-state index contributed by atoms with van der Waals surface area (Å²) >= 11 is 0. The second-order valence-electron chi connectivity index (χ2n) is 5.12. The molecule has 2 heterocycles. The number of carbonyl (C=O) groups is 1. The molecule has 0 bridgehead atoms. The summed E-state index contributed by atoms with van der Waals surface area (Å²) in [5.74, 6) is -0.710. The minimum absolute atomic E-state index is 0.710. The van der Waals surface area contributed by atoms with Crippen molar-refractivity contribution in [2.75, 3.05) is 0 Å². The lowest BCUT2D eigenvalue weighted by Crippen LogP contribution is -2.32. The molecule has 94 valence electrons. The van der Waals surface area contributed by atoms with Crippen LogP contribution in [0.3, 0.4) is 0 Å². The van der Waals surface area contributed by atoms with E-state index in [4.69, 9.17) is 0 Å². The normalized spacial score (nSPS) is 18.3. The summed E-state index contributed by atoms with van der Waals surface area (Å²) in [6.07, 6.45) is 7.08. The topological polar surface area (TPSA) is 55.1 Å². The van der Waals surface area contributed by atoms with Crippen LogP contribution in [0.25, 0.3) is 11.0 Å². The van der Waals surface area contributed by atoms with Crippen molar-refractivity contribution in [1.82, 2.24) is 9.55 Å². The number of nitrogens with zero attached hydrogens (tertiary/aromatic N) is 2. The maximum absolute atomic E-state index is 11.7. The zero-order valence-electron chi connectivity index (χ0n) is 10.4. The third-order valence-electron chi connectivity index (χ3n) is 4.13. The lowest BCUT2D eigenvalue weighted by molar-refractivity contribution is -0.143. The van der Waals surface area contributed by atoms with Gasteiger partial charge in [-0.1, -0.05) is 12.8 Å². The van der Waals surface area contributed by atoms with Crippen molar-refractivity contribution in [3.8, 4) is 0 Å². The van der Waals surface area contributed by atoms with Crippen LogP contribution >= 0.6 is 0 Å². The summed E-state index contributed by atoms with van der Waals surface area (Å²) in [6.45, 7) is 0. The number of carboxylic acids is 1. The first-order valence-electron chi connectivity index (χ1n) is 6.29. The van der Waals surface area contributed by atoms with Gasteiger partial charge < -0.3 is 9.67 Å². The van der Waals surface area contributed by atoms with Crippen LogP contribution in [0.15, 0.2) is 24.5 Å². The van der Waals surface area contributed by atoms with Gasteiger partial charge in [0.1, 0.15) is 0 Å². The van der Waals surface area contributed by atoms with Crippen molar-refractivity contribution in [3.63, 3.8) is 0 Å². The van der Waals surface area contributed by atoms with Crippen LogP contribution in [0.1, 0.15) is 31.2 Å². The predicted octanol–water partition coefficient (Wildman–Crippen LogP) is 2.47. The molecule has 0 saturated heterocycles. The lowest BCUT2D eigenvalue weighted by Gasteiger charge is -2.22. The third kappa shape index (κ3) is 1.38. The van der Waals surface area contributed by atoms with Crippen molar-refractivity contribution in [2.24, 2.45) is 7.05 Å². The van der Waals surface area contributed by atoms with E-state index in [0.717, 1.165) is 42.3 Å². The van der Waals surface area contributed by atoms with Gasteiger partial charge in [0.25, 0.3) is 0 Å². The molecule has 0 aromatic carbocycles. The first kappa shape index (κ1) is 11.3. The van der Waals surface area contributed by atoms with Gasteiger partial charge in [-0.3, -0.25) is 9.78 Å². The molecule has 0 radical (unpaired) electrons. The van der Waals surface area contributed by atoms with Crippen LogP contribution < -0.4 is 0 Å². The molecule has 1 fully saturated rings. The molecule has 4 heteroatoms. The standard InChI is InChI=1S/C14H16N2O2/c1-16-9-10(12-11(16)5-4-8-15-12)14(13(17)18)6-2-3-7-14/h4-5,8-9H,2-3,6-7H2,1H3,(H,17,18). The lowest BCUT2D eigenvalue weighted by atomic mass is 9.80. The smallest absolute Gasteiger partial charge is 0.314 e. The molecule has 2 aromatic heterocycles. The molecule has 4 nitrogen and oxygen atoms in total. The Balaban J connectivity index is 2.28. The molecule has 0 atom stereocenters. The SMILES string of the molecule is Cn1cc(C2(C(=O)O)CCCC2)c2ncccc21. The molecule has 1 N–H and O–H groups in total. The number of fused-ring (bicyclic) bond motifs is 1. The molecule has 2 aromatic rings. The zero-order valence-corrected chi connectivity index (χ0v) is 10.4. The minimum atomic E-state index is -0.728. The van der Waals surface area contributed by atoms with Crippen molar-refractivity contribution in [2.45, 2.75) is 31.1 Å². The van der Waals surface area contributed by atoms with E-state index in [1.807, 2.05) is 29.9 Å². The van der Waals surface area contributed by atoms with Crippen LogP contribution in [-0.4, -0.2) is 20.6 Å². The summed E-state index contributed by atoms with van der Waals surface area (Å²) < 4.78 is 1.97. The van der Waals surface area contributed by atoms with E-state index < -0.39 is 11.4 Å². The van der Waals surface area contributed by atoms with Crippen LogP contribution in [0.5, 0.6) is 0 Å². The quantitative estimate of drug-likeness (QED) is 0.882. The Kier molecular flexibility index (Phi) is 2.40. The number of carboxylic acid groups (broad SMARTS) is 1. The van der Waals surface area contributed by atoms with Crippen molar-refractivity contribution in [3.05, 3.63) is 30.1 Å². The Morgan fingerprint density at radius 3 is 2.83 bits per heavy atom. The van der Waals surface area contributed by atoms with E-state index >= 15 is 0 Å². The first-order valence-corrected chi connectivity index (χ1v) is 6.29. The first-order chi connectivity index (χ1) is 8.65. The second-order valence-corrected chi connectivity index (χ2v) is 5.12. The highest BCUT2D eigenvalue weighted by molar-refractivity contribution is 5.90. The van der Waals surface area contributed by atoms with Gasteiger partial charge in [0, 0.05) is 25.0 Å². The number of pyridine rings is 1. The van der Waals surface area contributed by atoms with Gasteiger partial charge in [-0.05, 0) is 25.0 Å². The fraction of sp³-hybridized carbons (Fsp3) is 0.429. The van der Waals surface area contributed by atoms with Gasteiger partial charge in [-0.25, -0.2) is 0 Å². The second kappa shape index (κ2) is 3.83. The fourth-order valence-corrected chi connectivity index (χ4v) is 3.14. The van der Waals surface area contributed by atoms with Crippen LogP contribution in [0.2, 0.25) is 0 Å². The van der Waals surface area contributed by atoms with E-state index in [1.54, 1.807) is 6.20 Å². The summed E-state index contributed by atoms with van der Waals surface area (Å²) in [4.78, 5) is 16.1. The van der Waals surface area contributed by atoms with Gasteiger partial charge in [-0.2, -0.15) is 0 Å². The highest BCUT2D eigenvalue weighted by Gasteiger charge is 2.45. The molecule has 0 amide bonds. The third-order valence-corrected chi connectivity index (χ3v) is 4.13.